The van der Waals surface area contributed by atoms with E-state index in [1.54, 1.807) is 31.4 Å². The molecule has 2 fully saturated rings. The smallest absolute Gasteiger partial charge is 0.260 e. The van der Waals surface area contributed by atoms with Crippen LogP contribution >= 0.6 is 22.7 Å². The van der Waals surface area contributed by atoms with Crippen molar-refractivity contribution in [3.8, 4) is 0 Å². The Morgan fingerprint density at radius 2 is 1.03 bits per heavy atom. The summed E-state index contributed by atoms with van der Waals surface area (Å²) < 4.78 is 0. The number of benzene rings is 2. The average Bonchev–Trinajstić information content (AvgIpc) is 3.49. The Morgan fingerprint density at radius 3 is 1.48 bits per heavy atom. The number of hydrogen-bond donors (Lipinski definition) is 4. The van der Waals surface area contributed by atoms with E-state index in [0.29, 0.717) is 27.5 Å². The highest BCUT2D eigenvalue weighted by Crippen LogP contribution is 2.40. The Hall–Kier alpha value is -6.13. The zero-order valence-corrected chi connectivity index (χ0v) is 34.4. The number of nitrogen functional groups attached to an aromatic ring is 2. The Morgan fingerprint density at radius 1 is 0.603 bits per heavy atom. The molecule has 16 heteroatoms. The maximum absolute atomic E-state index is 11.9. The summed E-state index contributed by atoms with van der Waals surface area (Å²) in [6.07, 6.45) is 5.98. The molecule has 2 aliphatic rings. The van der Waals surface area contributed by atoms with E-state index < -0.39 is 11.8 Å². The van der Waals surface area contributed by atoms with Crippen LogP contribution < -0.4 is 42.5 Å². The molecule has 8 N–H and O–H groups in total. The second-order valence-electron chi connectivity index (χ2n) is 14.6. The number of rotatable bonds is 8. The van der Waals surface area contributed by atoms with Gasteiger partial charge in [0.1, 0.15) is 19.4 Å². The SMILES string of the molecule is CN(C)C(=O)Cc1ccc(N2CCCN(c3ccnc4sc(C(N)=O)c(N)c34)CC2)cc1.NC(=O)c1sc2nccc(N3CCCN(c4ccccc4)CC3)c2c1N. The summed E-state index contributed by atoms with van der Waals surface area (Å²) in [7, 11) is 3.54. The lowest BCUT2D eigenvalue weighted by atomic mass is 10.1. The van der Waals surface area contributed by atoms with Gasteiger partial charge in [-0.3, -0.25) is 14.4 Å². The van der Waals surface area contributed by atoms with Crippen LogP contribution in [0.3, 0.4) is 0 Å². The monoisotopic (exact) mass is 819 g/mol. The molecule has 6 heterocycles. The normalized spacial score (nSPS) is 14.8. The van der Waals surface area contributed by atoms with Crippen molar-refractivity contribution in [3.63, 3.8) is 0 Å². The lowest BCUT2D eigenvalue weighted by molar-refractivity contribution is -0.127. The van der Waals surface area contributed by atoms with E-state index in [0.717, 1.165) is 108 Å². The van der Waals surface area contributed by atoms with Crippen LogP contribution in [-0.2, 0) is 11.2 Å². The summed E-state index contributed by atoms with van der Waals surface area (Å²) in [6, 6.07) is 22.7. The van der Waals surface area contributed by atoms with Crippen molar-refractivity contribution in [1.29, 1.82) is 0 Å². The van der Waals surface area contributed by atoms with Crippen LogP contribution in [-0.4, -0.2) is 99.0 Å². The Kier molecular flexibility index (Phi) is 12.1. The molecule has 6 aromatic rings. The number of anilines is 6. The van der Waals surface area contributed by atoms with Crippen molar-refractivity contribution in [2.75, 3.05) is 97.5 Å². The molecule has 0 aliphatic carbocycles. The molecule has 0 unspecified atom stereocenters. The van der Waals surface area contributed by atoms with Crippen molar-refractivity contribution in [3.05, 3.63) is 94.4 Å². The fourth-order valence-corrected chi connectivity index (χ4v) is 9.45. The van der Waals surface area contributed by atoms with E-state index in [1.165, 1.54) is 28.4 Å². The second-order valence-corrected chi connectivity index (χ2v) is 16.6. The molecule has 2 aromatic carbocycles. The number of pyridine rings is 2. The van der Waals surface area contributed by atoms with Crippen LogP contribution in [0.5, 0.6) is 0 Å². The topological polar surface area (TPSA) is 197 Å². The van der Waals surface area contributed by atoms with Gasteiger partial charge in [-0.1, -0.05) is 30.3 Å². The van der Waals surface area contributed by atoms with Gasteiger partial charge in [0.25, 0.3) is 11.8 Å². The first kappa shape index (κ1) is 40.1. The highest BCUT2D eigenvalue weighted by Gasteiger charge is 2.24. The number of hydrogen-bond acceptors (Lipinski definition) is 13. The summed E-state index contributed by atoms with van der Waals surface area (Å²) in [6.45, 7) is 7.26. The van der Waals surface area contributed by atoms with E-state index in [9.17, 15) is 14.4 Å². The van der Waals surface area contributed by atoms with E-state index >= 15 is 0 Å². The summed E-state index contributed by atoms with van der Waals surface area (Å²) in [5, 5.41) is 1.66. The van der Waals surface area contributed by atoms with Crippen LogP contribution in [0.4, 0.5) is 34.1 Å². The minimum atomic E-state index is -0.519. The second kappa shape index (κ2) is 17.6. The molecule has 0 saturated carbocycles. The van der Waals surface area contributed by atoms with Crippen LogP contribution in [0, 0.1) is 0 Å². The van der Waals surface area contributed by atoms with Crippen molar-refractivity contribution < 1.29 is 14.4 Å². The molecule has 14 nitrogen and oxygen atoms in total. The molecule has 3 amide bonds. The third kappa shape index (κ3) is 8.57. The number of carbonyl (C=O) groups is 3. The zero-order valence-electron chi connectivity index (χ0n) is 32.8. The minimum Gasteiger partial charge on any atom is -0.397 e. The summed E-state index contributed by atoms with van der Waals surface area (Å²) >= 11 is 2.51. The first-order valence-corrected chi connectivity index (χ1v) is 20.9. The molecular formula is C42H49N11O3S2. The number of nitrogens with zero attached hydrogens (tertiary/aromatic N) is 7. The molecule has 0 bridgehead atoms. The van der Waals surface area contributed by atoms with Crippen molar-refractivity contribution in [1.82, 2.24) is 14.9 Å². The van der Waals surface area contributed by atoms with E-state index in [4.69, 9.17) is 22.9 Å². The molecule has 0 atom stereocenters. The number of para-hydroxylation sites is 1. The third-order valence-electron chi connectivity index (χ3n) is 10.6. The molecule has 302 valence electrons. The van der Waals surface area contributed by atoms with E-state index in [-0.39, 0.29) is 5.91 Å². The largest absolute Gasteiger partial charge is 0.397 e. The molecule has 2 saturated heterocycles. The van der Waals surface area contributed by atoms with Gasteiger partial charge >= 0.3 is 0 Å². The Bertz CT molecular complexity index is 2420. The predicted octanol–water partition coefficient (Wildman–Crippen LogP) is 5.02. The van der Waals surface area contributed by atoms with Crippen LogP contribution in [0.25, 0.3) is 20.4 Å². The minimum absolute atomic E-state index is 0.0963. The quantitative estimate of drug-likeness (QED) is 0.161. The molecular weight excluding hydrogens is 771 g/mol. The molecule has 0 spiro atoms. The van der Waals surface area contributed by atoms with Gasteiger partial charge in [0, 0.05) is 90.2 Å². The van der Waals surface area contributed by atoms with Gasteiger partial charge in [-0.05, 0) is 54.8 Å². The maximum Gasteiger partial charge on any atom is 0.260 e. The molecule has 4 aromatic heterocycles. The summed E-state index contributed by atoms with van der Waals surface area (Å²) in [4.78, 5) is 57.4. The van der Waals surface area contributed by atoms with Gasteiger partial charge in [0.15, 0.2) is 0 Å². The maximum atomic E-state index is 11.9. The lowest BCUT2D eigenvalue weighted by Gasteiger charge is -2.25. The molecule has 58 heavy (non-hydrogen) atoms. The fourth-order valence-electron chi connectivity index (χ4n) is 7.58. The first-order valence-electron chi connectivity index (χ1n) is 19.3. The van der Waals surface area contributed by atoms with Gasteiger partial charge in [-0.2, -0.15) is 0 Å². The number of likely N-dealkylation sites (N-methyl/N-ethyl adjacent to an activating group) is 1. The predicted molar refractivity (Wildman–Crippen MR) is 238 cm³/mol. The standard InChI is InChI=1S/C23H28N6O2S.C19H21N5OS/c1-27(2)18(30)14-15-4-6-16(7-5-15)28-10-3-11-29(13-12-28)17-8-9-26-23-19(17)20(24)21(32-23)22(25)31;20-16-15-14(7-8-22-19(15)26-17(16)18(21)25)24-10-4-9-23(11-12-24)13-5-2-1-3-6-13/h4-9H,3,10-14,24H2,1-2H3,(H2,25,31);1-3,5-8H,4,9-12,20H2,(H2,21,25). The molecule has 0 radical (unpaired) electrons. The first-order chi connectivity index (χ1) is 28.0. The van der Waals surface area contributed by atoms with Crippen LogP contribution in [0.1, 0.15) is 37.7 Å². The third-order valence-corrected chi connectivity index (χ3v) is 12.9. The van der Waals surface area contributed by atoms with E-state index in [1.807, 2.05) is 30.3 Å². The number of fused-ring (bicyclic) bond motifs is 2. The van der Waals surface area contributed by atoms with Crippen molar-refractivity contribution in [2.45, 2.75) is 19.3 Å². The Labute approximate surface area is 345 Å². The van der Waals surface area contributed by atoms with Gasteiger partial charge in [0.05, 0.1) is 39.9 Å². The number of thiophene rings is 2. The number of amides is 3. The fraction of sp³-hybridized carbons (Fsp3) is 0.310. The molecule has 2 aliphatic heterocycles. The highest BCUT2D eigenvalue weighted by molar-refractivity contribution is 7.21. The number of aromatic nitrogens is 2. The zero-order chi connectivity index (χ0) is 40.9. The van der Waals surface area contributed by atoms with Gasteiger partial charge in [-0.25, -0.2) is 9.97 Å². The number of nitrogens with two attached hydrogens (primary N) is 4. The molecule has 8 rings (SSSR count). The van der Waals surface area contributed by atoms with Gasteiger partial charge in [0.2, 0.25) is 5.91 Å². The number of carbonyl (C=O) groups excluding carboxylic acids is 3. The number of primary amides is 2. The van der Waals surface area contributed by atoms with Crippen LogP contribution in [0.2, 0.25) is 0 Å². The van der Waals surface area contributed by atoms with Gasteiger partial charge in [-0.15, -0.1) is 22.7 Å². The van der Waals surface area contributed by atoms with E-state index in [2.05, 4.69) is 66.0 Å². The summed E-state index contributed by atoms with van der Waals surface area (Å²) in [5.41, 5.74) is 29.8. The van der Waals surface area contributed by atoms with Crippen molar-refractivity contribution >= 4 is 95.0 Å². The lowest BCUT2D eigenvalue weighted by Crippen LogP contribution is -2.30. The Balaban J connectivity index is 0.000000180. The van der Waals surface area contributed by atoms with Gasteiger partial charge < -0.3 is 47.4 Å². The van der Waals surface area contributed by atoms with Crippen LogP contribution in [0.15, 0.2) is 79.1 Å². The van der Waals surface area contributed by atoms with Crippen molar-refractivity contribution in [2.24, 2.45) is 11.5 Å². The highest BCUT2D eigenvalue weighted by atomic mass is 32.1. The average molecular weight is 820 g/mol. The summed E-state index contributed by atoms with van der Waals surface area (Å²) in [5.74, 6) is -0.921.